The zero-order valence-corrected chi connectivity index (χ0v) is 9.31. The Labute approximate surface area is 94.9 Å². The predicted molar refractivity (Wildman–Crippen MR) is 61.9 cm³/mol. The van der Waals surface area contributed by atoms with E-state index in [9.17, 15) is 9.90 Å². The van der Waals surface area contributed by atoms with Crippen molar-refractivity contribution < 1.29 is 9.90 Å². The third kappa shape index (κ3) is 2.52. The molecule has 0 aliphatic carbocycles. The summed E-state index contributed by atoms with van der Waals surface area (Å²) in [7, 11) is 0. The number of nitrogens with one attached hydrogen (secondary N) is 1. The van der Waals surface area contributed by atoms with Crippen molar-refractivity contribution in [1.82, 2.24) is 5.43 Å². The molecule has 4 nitrogen and oxygen atoms in total. The summed E-state index contributed by atoms with van der Waals surface area (Å²) in [5, 5.41) is 11.2. The quantitative estimate of drug-likeness (QED) is 0.794. The fraction of sp³-hybridized carbons (Fsp3) is 0.417. The van der Waals surface area contributed by atoms with Gasteiger partial charge in [-0.15, -0.1) is 0 Å². The molecule has 0 radical (unpaired) electrons. The van der Waals surface area contributed by atoms with Gasteiger partial charge in [-0.1, -0.05) is 12.1 Å². The van der Waals surface area contributed by atoms with Crippen molar-refractivity contribution in [2.24, 2.45) is 0 Å². The Bertz CT molecular complexity index is 390. The lowest BCUT2D eigenvalue weighted by Gasteiger charge is -2.18. The van der Waals surface area contributed by atoms with Gasteiger partial charge < -0.3 is 5.11 Å². The van der Waals surface area contributed by atoms with Crippen molar-refractivity contribution in [3.63, 3.8) is 0 Å². The first-order valence-corrected chi connectivity index (χ1v) is 5.49. The second-order valence-electron chi connectivity index (χ2n) is 4.16. The third-order valence-electron chi connectivity index (χ3n) is 2.58. The van der Waals surface area contributed by atoms with Crippen LogP contribution in [0.25, 0.3) is 0 Å². The van der Waals surface area contributed by atoms with Crippen LogP contribution in [0.2, 0.25) is 0 Å². The number of hydrazine groups is 1. The number of amides is 1. The summed E-state index contributed by atoms with van der Waals surface area (Å²) in [4.78, 5) is 11.1. The maximum Gasteiger partial charge on any atom is 0.240 e. The molecule has 2 N–H and O–H groups in total. The number of benzene rings is 1. The highest BCUT2D eigenvalue weighted by atomic mass is 16.3. The van der Waals surface area contributed by atoms with Gasteiger partial charge in [0, 0.05) is 13.0 Å². The van der Waals surface area contributed by atoms with Crippen LogP contribution in [0.3, 0.4) is 0 Å². The Morgan fingerprint density at radius 1 is 1.56 bits per heavy atom. The third-order valence-corrected chi connectivity index (χ3v) is 2.58. The van der Waals surface area contributed by atoms with Gasteiger partial charge in [0.1, 0.15) is 0 Å². The van der Waals surface area contributed by atoms with Gasteiger partial charge in [-0.2, -0.15) is 0 Å². The summed E-state index contributed by atoms with van der Waals surface area (Å²) in [6.07, 6.45) is 0.833. The van der Waals surface area contributed by atoms with E-state index in [4.69, 9.17) is 0 Å². The molecule has 0 spiro atoms. The van der Waals surface area contributed by atoms with E-state index >= 15 is 0 Å². The van der Waals surface area contributed by atoms with E-state index in [1.165, 1.54) is 0 Å². The van der Waals surface area contributed by atoms with Crippen LogP contribution >= 0.6 is 0 Å². The number of hydrogen-bond donors (Lipinski definition) is 2. The first-order valence-electron chi connectivity index (χ1n) is 5.49. The van der Waals surface area contributed by atoms with Gasteiger partial charge in [0.25, 0.3) is 0 Å². The number of aliphatic hydroxyl groups is 1. The van der Waals surface area contributed by atoms with Crippen molar-refractivity contribution in [2.45, 2.75) is 25.9 Å². The highest BCUT2D eigenvalue weighted by Gasteiger charge is 2.18. The number of nitrogens with zero attached hydrogens (tertiary/aromatic N) is 1. The molecule has 1 unspecified atom stereocenters. The van der Waals surface area contributed by atoms with E-state index in [0.717, 1.165) is 11.3 Å². The zero-order chi connectivity index (χ0) is 11.5. The van der Waals surface area contributed by atoms with Gasteiger partial charge >= 0.3 is 0 Å². The van der Waals surface area contributed by atoms with Crippen LogP contribution in [0, 0.1) is 0 Å². The van der Waals surface area contributed by atoms with E-state index in [1.54, 1.807) is 6.92 Å². The fourth-order valence-electron chi connectivity index (χ4n) is 1.86. The summed E-state index contributed by atoms with van der Waals surface area (Å²) >= 11 is 0. The zero-order valence-electron chi connectivity index (χ0n) is 9.31. The summed E-state index contributed by atoms with van der Waals surface area (Å²) in [5.74, 6) is 0.0564. The molecule has 1 heterocycles. The molecule has 0 bridgehead atoms. The Balaban J connectivity index is 2.12. The lowest BCUT2D eigenvalue weighted by atomic mass is 10.1. The molecule has 1 fully saturated rings. The highest BCUT2D eigenvalue weighted by molar-refractivity contribution is 5.81. The van der Waals surface area contributed by atoms with Gasteiger partial charge in [-0.25, -0.2) is 0 Å². The summed E-state index contributed by atoms with van der Waals surface area (Å²) in [6, 6.07) is 7.88. The fourth-order valence-corrected chi connectivity index (χ4v) is 1.86. The second kappa shape index (κ2) is 4.53. The molecular formula is C12H16N2O2. The molecule has 1 saturated heterocycles. The van der Waals surface area contributed by atoms with Crippen LogP contribution in [0.15, 0.2) is 24.3 Å². The molecule has 1 aliphatic rings. The van der Waals surface area contributed by atoms with E-state index in [2.05, 4.69) is 5.43 Å². The molecule has 4 heteroatoms. The van der Waals surface area contributed by atoms with Crippen molar-refractivity contribution >= 4 is 11.6 Å². The molecule has 86 valence electrons. The monoisotopic (exact) mass is 220 g/mol. The normalized spacial score (nSPS) is 17.4. The average Bonchev–Trinajstić information content (AvgIpc) is 2.64. The minimum Gasteiger partial charge on any atom is -0.393 e. The van der Waals surface area contributed by atoms with E-state index < -0.39 is 0 Å². The van der Waals surface area contributed by atoms with Gasteiger partial charge in [-0.3, -0.25) is 15.2 Å². The summed E-state index contributed by atoms with van der Waals surface area (Å²) in [6.45, 7) is 2.47. The average molecular weight is 220 g/mol. The smallest absolute Gasteiger partial charge is 0.240 e. The topological polar surface area (TPSA) is 52.6 Å². The number of anilines is 1. The SMILES string of the molecule is CC(O)Cc1cccc(N2CCC(=O)N2)c1. The summed E-state index contributed by atoms with van der Waals surface area (Å²) < 4.78 is 0. The van der Waals surface area contributed by atoms with Crippen LogP contribution in [0.4, 0.5) is 5.69 Å². The molecule has 1 amide bonds. The van der Waals surface area contributed by atoms with Crippen LogP contribution in [0.5, 0.6) is 0 Å². The molecule has 1 atom stereocenters. The maximum absolute atomic E-state index is 11.1. The minimum absolute atomic E-state index is 0.0564. The number of carbonyl (C=O) groups excluding carboxylic acids is 1. The Morgan fingerprint density at radius 3 is 3.00 bits per heavy atom. The molecular weight excluding hydrogens is 204 g/mol. The Morgan fingerprint density at radius 2 is 2.38 bits per heavy atom. The number of rotatable bonds is 3. The van der Waals surface area contributed by atoms with E-state index in [0.29, 0.717) is 19.4 Å². The molecule has 1 aromatic rings. The largest absolute Gasteiger partial charge is 0.393 e. The Kier molecular flexibility index (Phi) is 3.10. The lowest BCUT2D eigenvalue weighted by Crippen LogP contribution is -2.32. The van der Waals surface area contributed by atoms with Crippen LogP contribution in [0.1, 0.15) is 18.9 Å². The first kappa shape index (κ1) is 11.0. The predicted octanol–water partition coefficient (Wildman–Crippen LogP) is 0.851. The van der Waals surface area contributed by atoms with Crippen molar-refractivity contribution in [2.75, 3.05) is 11.6 Å². The van der Waals surface area contributed by atoms with Crippen LogP contribution < -0.4 is 10.4 Å². The van der Waals surface area contributed by atoms with Crippen molar-refractivity contribution in [3.8, 4) is 0 Å². The van der Waals surface area contributed by atoms with Crippen LogP contribution in [-0.2, 0) is 11.2 Å². The number of aliphatic hydroxyl groups excluding tert-OH is 1. The first-order chi connectivity index (χ1) is 7.65. The van der Waals surface area contributed by atoms with Crippen LogP contribution in [-0.4, -0.2) is 23.7 Å². The molecule has 16 heavy (non-hydrogen) atoms. The number of carbonyl (C=O) groups is 1. The lowest BCUT2D eigenvalue weighted by molar-refractivity contribution is -0.119. The van der Waals surface area contributed by atoms with Gasteiger partial charge in [-0.05, 0) is 31.0 Å². The molecule has 1 aromatic carbocycles. The molecule has 1 aliphatic heterocycles. The Hall–Kier alpha value is -1.55. The summed E-state index contributed by atoms with van der Waals surface area (Å²) in [5.41, 5.74) is 4.84. The van der Waals surface area contributed by atoms with Crippen molar-refractivity contribution in [1.29, 1.82) is 0 Å². The van der Waals surface area contributed by atoms with Gasteiger partial charge in [0.05, 0.1) is 11.8 Å². The van der Waals surface area contributed by atoms with Crippen molar-refractivity contribution in [3.05, 3.63) is 29.8 Å². The standard InChI is InChI=1S/C12H16N2O2/c1-9(15)7-10-3-2-4-11(8-10)14-6-5-12(16)13-14/h2-4,8-9,15H,5-7H2,1H3,(H,13,16). The maximum atomic E-state index is 11.1. The molecule has 2 rings (SSSR count). The second-order valence-corrected chi connectivity index (χ2v) is 4.16. The van der Waals surface area contributed by atoms with E-state index in [-0.39, 0.29) is 12.0 Å². The van der Waals surface area contributed by atoms with Gasteiger partial charge in [0.2, 0.25) is 5.91 Å². The van der Waals surface area contributed by atoms with Gasteiger partial charge in [0.15, 0.2) is 0 Å². The van der Waals surface area contributed by atoms with E-state index in [1.807, 2.05) is 29.3 Å². The number of hydrogen-bond acceptors (Lipinski definition) is 3. The molecule has 0 saturated carbocycles. The highest BCUT2D eigenvalue weighted by Crippen LogP contribution is 2.18. The minimum atomic E-state index is -0.344. The molecule has 0 aromatic heterocycles.